The Morgan fingerprint density at radius 1 is 0.871 bits per heavy atom. The summed E-state index contributed by atoms with van der Waals surface area (Å²) in [6, 6.07) is 19.6. The molecule has 3 aromatic carbocycles. The molecule has 0 aliphatic carbocycles. The lowest BCUT2D eigenvalue weighted by Gasteiger charge is -2.23. The molecule has 6 nitrogen and oxygen atoms in total. The number of rotatable bonds is 8. The minimum atomic E-state index is -4.15. The van der Waals surface area contributed by atoms with Gasteiger partial charge in [-0.1, -0.05) is 33.6 Å². The number of benzene rings is 3. The van der Waals surface area contributed by atoms with Crippen LogP contribution >= 0.6 is 15.9 Å². The monoisotopic (exact) mass is 503 g/mol. The number of hydrogen-bond donors (Lipinski definition) is 0. The van der Waals surface area contributed by atoms with Crippen LogP contribution in [0.25, 0.3) is 0 Å². The van der Waals surface area contributed by atoms with Crippen molar-refractivity contribution >= 4 is 37.5 Å². The molecule has 0 saturated carbocycles. The Labute approximate surface area is 190 Å². The number of nitrogens with zero attached hydrogens (tertiary/aromatic N) is 1. The van der Waals surface area contributed by atoms with Crippen molar-refractivity contribution in [2.75, 3.05) is 17.5 Å². The lowest BCUT2D eigenvalue weighted by molar-refractivity contribution is -0.119. The average Bonchev–Trinajstić information content (AvgIpc) is 2.75. The molecule has 162 valence electrons. The molecule has 0 spiro atoms. The van der Waals surface area contributed by atoms with Gasteiger partial charge in [0.2, 0.25) is 0 Å². The van der Waals surface area contributed by atoms with Crippen molar-refractivity contribution in [1.29, 1.82) is 0 Å². The van der Waals surface area contributed by atoms with E-state index in [-0.39, 0.29) is 10.6 Å². The van der Waals surface area contributed by atoms with E-state index in [0.717, 1.165) is 14.3 Å². The number of sulfonamides is 1. The molecule has 3 aromatic rings. The number of anilines is 1. The van der Waals surface area contributed by atoms with Crippen LogP contribution in [0.5, 0.6) is 11.5 Å². The Hall–Kier alpha value is -2.84. The maximum absolute atomic E-state index is 13.4. The molecule has 0 saturated heterocycles. The van der Waals surface area contributed by atoms with Gasteiger partial charge in [0.1, 0.15) is 11.5 Å². The highest BCUT2D eigenvalue weighted by Gasteiger charge is 2.31. The second-order valence-electron chi connectivity index (χ2n) is 6.65. The second kappa shape index (κ2) is 9.98. The number of ether oxygens (including phenoxy) is 2. The molecule has 0 bridgehead atoms. The van der Waals surface area contributed by atoms with Crippen molar-refractivity contribution in [2.45, 2.75) is 18.7 Å². The predicted molar refractivity (Wildman–Crippen MR) is 123 cm³/mol. The highest BCUT2D eigenvalue weighted by molar-refractivity contribution is 9.10. The van der Waals surface area contributed by atoms with E-state index in [4.69, 9.17) is 9.47 Å². The fourth-order valence-corrected chi connectivity index (χ4v) is 4.49. The minimum absolute atomic E-state index is 0.0176. The molecule has 8 heteroatoms. The van der Waals surface area contributed by atoms with E-state index >= 15 is 0 Å². The zero-order chi connectivity index (χ0) is 22.4. The normalized spacial score (nSPS) is 11.1. The lowest BCUT2D eigenvalue weighted by atomic mass is 10.2. The Bertz CT molecular complexity index is 1130. The zero-order valence-corrected chi connectivity index (χ0v) is 19.5. The summed E-state index contributed by atoms with van der Waals surface area (Å²) in [7, 11) is -4.15. The van der Waals surface area contributed by atoms with Crippen molar-refractivity contribution in [1.82, 2.24) is 0 Å². The highest BCUT2D eigenvalue weighted by Crippen LogP contribution is 2.27. The molecule has 0 aliphatic rings. The Morgan fingerprint density at radius 2 is 1.42 bits per heavy atom. The van der Waals surface area contributed by atoms with Crippen LogP contribution < -0.4 is 13.8 Å². The summed E-state index contributed by atoms with van der Waals surface area (Å²) in [6.07, 6.45) is 0. The third-order valence-corrected chi connectivity index (χ3v) is 6.64. The molecule has 0 fully saturated rings. The molecule has 0 N–H and O–H groups in total. The van der Waals surface area contributed by atoms with Crippen LogP contribution in [-0.2, 0) is 14.8 Å². The van der Waals surface area contributed by atoms with Crippen LogP contribution in [0.2, 0.25) is 0 Å². The topological polar surface area (TPSA) is 72.9 Å². The van der Waals surface area contributed by atoms with Crippen LogP contribution in [0.3, 0.4) is 0 Å². The molecular formula is C23H22BrNO5S. The lowest BCUT2D eigenvalue weighted by Crippen LogP contribution is -2.40. The van der Waals surface area contributed by atoms with E-state index in [1.165, 1.54) is 24.3 Å². The Kier molecular flexibility index (Phi) is 7.35. The third kappa shape index (κ3) is 5.65. The first-order valence-corrected chi connectivity index (χ1v) is 11.8. The van der Waals surface area contributed by atoms with Gasteiger partial charge in [0.15, 0.2) is 6.61 Å². The first-order valence-electron chi connectivity index (χ1n) is 9.57. The summed E-state index contributed by atoms with van der Waals surface area (Å²) in [4.78, 5) is 13.1. The number of carbonyl (C=O) groups is 1. The quantitative estimate of drug-likeness (QED) is 0.434. The van der Waals surface area contributed by atoms with Crippen LogP contribution in [-0.4, -0.2) is 27.5 Å². The summed E-state index contributed by atoms with van der Waals surface area (Å²) < 4.78 is 39.3. The minimum Gasteiger partial charge on any atom is -0.494 e. The first-order chi connectivity index (χ1) is 14.8. The van der Waals surface area contributed by atoms with Gasteiger partial charge >= 0.3 is 0 Å². The SMILES string of the molecule is CCOc1ccc(N(C(=O)COc2ccc(Br)cc2)S(=O)(=O)c2ccc(C)cc2)cc1. The molecule has 0 unspecified atom stereocenters. The van der Waals surface area contributed by atoms with Gasteiger partial charge in [-0.3, -0.25) is 4.79 Å². The largest absolute Gasteiger partial charge is 0.494 e. The van der Waals surface area contributed by atoms with E-state index in [1.54, 1.807) is 48.5 Å². The van der Waals surface area contributed by atoms with E-state index in [2.05, 4.69) is 15.9 Å². The van der Waals surface area contributed by atoms with Crippen LogP contribution in [0.15, 0.2) is 82.2 Å². The van der Waals surface area contributed by atoms with Gasteiger partial charge in [-0.2, -0.15) is 4.31 Å². The van der Waals surface area contributed by atoms with Crippen molar-refractivity contribution in [3.05, 3.63) is 82.8 Å². The molecule has 31 heavy (non-hydrogen) atoms. The van der Waals surface area contributed by atoms with Gasteiger partial charge in [-0.05, 0) is 74.5 Å². The number of halogens is 1. The maximum Gasteiger partial charge on any atom is 0.278 e. The summed E-state index contributed by atoms with van der Waals surface area (Å²) in [6.45, 7) is 3.74. The molecule has 0 aliphatic heterocycles. The summed E-state index contributed by atoms with van der Waals surface area (Å²) in [5, 5.41) is 0. The highest BCUT2D eigenvalue weighted by atomic mass is 79.9. The van der Waals surface area contributed by atoms with Crippen LogP contribution in [0, 0.1) is 6.92 Å². The summed E-state index contributed by atoms with van der Waals surface area (Å²) >= 11 is 3.33. The van der Waals surface area contributed by atoms with E-state index < -0.39 is 22.5 Å². The van der Waals surface area contributed by atoms with Crippen molar-refractivity contribution in [3.63, 3.8) is 0 Å². The fraction of sp³-hybridized carbons (Fsp3) is 0.174. The second-order valence-corrected chi connectivity index (χ2v) is 9.35. The predicted octanol–water partition coefficient (Wildman–Crippen LogP) is 4.96. The number of carbonyl (C=O) groups excluding carboxylic acids is 1. The molecule has 0 aromatic heterocycles. The van der Waals surface area contributed by atoms with Crippen molar-refractivity contribution in [3.8, 4) is 11.5 Å². The summed E-state index contributed by atoms with van der Waals surface area (Å²) in [5.41, 5.74) is 1.12. The molecule has 0 atom stereocenters. The van der Waals surface area contributed by atoms with Crippen molar-refractivity contribution < 1.29 is 22.7 Å². The number of aryl methyl sites for hydroxylation is 1. The number of amides is 1. The van der Waals surface area contributed by atoms with Gasteiger partial charge in [-0.25, -0.2) is 8.42 Å². The molecule has 1 amide bonds. The van der Waals surface area contributed by atoms with Gasteiger partial charge in [0.05, 0.1) is 17.2 Å². The molecule has 3 rings (SSSR count). The fourth-order valence-electron chi connectivity index (χ4n) is 2.81. The third-order valence-electron chi connectivity index (χ3n) is 4.34. The maximum atomic E-state index is 13.4. The van der Waals surface area contributed by atoms with Gasteiger partial charge in [0.25, 0.3) is 15.9 Å². The zero-order valence-electron chi connectivity index (χ0n) is 17.1. The van der Waals surface area contributed by atoms with Crippen LogP contribution in [0.4, 0.5) is 5.69 Å². The number of hydrogen-bond acceptors (Lipinski definition) is 5. The van der Waals surface area contributed by atoms with Gasteiger partial charge < -0.3 is 9.47 Å². The smallest absolute Gasteiger partial charge is 0.278 e. The average molecular weight is 504 g/mol. The first kappa shape index (κ1) is 22.8. The van der Waals surface area contributed by atoms with Gasteiger partial charge in [0, 0.05) is 4.47 Å². The Balaban J connectivity index is 1.93. The van der Waals surface area contributed by atoms with Gasteiger partial charge in [-0.15, -0.1) is 0 Å². The van der Waals surface area contributed by atoms with Crippen LogP contribution in [0.1, 0.15) is 12.5 Å². The Morgan fingerprint density at radius 3 is 2.00 bits per heavy atom. The summed E-state index contributed by atoms with van der Waals surface area (Å²) in [5.74, 6) is 0.320. The molecular weight excluding hydrogens is 482 g/mol. The molecule has 0 radical (unpaired) electrons. The van der Waals surface area contributed by atoms with E-state index in [1.807, 2.05) is 13.8 Å². The molecule has 0 heterocycles. The van der Waals surface area contributed by atoms with Crippen molar-refractivity contribution in [2.24, 2.45) is 0 Å². The standard InChI is InChI=1S/C23H22BrNO5S/c1-3-29-20-12-8-19(9-13-20)25(31(27,28)22-14-4-17(2)5-15-22)23(26)16-30-21-10-6-18(24)7-11-21/h4-15H,3,16H2,1-2H3. The van der Waals surface area contributed by atoms with E-state index in [0.29, 0.717) is 18.1 Å². The van der Waals surface area contributed by atoms with E-state index in [9.17, 15) is 13.2 Å².